The van der Waals surface area contributed by atoms with Gasteiger partial charge in [-0.05, 0) is 49.1 Å². The third-order valence-corrected chi connectivity index (χ3v) is 5.55. The summed E-state index contributed by atoms with van der Waals surface area (Å²) in [6.07, 6.45) is 4.11. The summed E-state index contributed by atoms with van der Waals surface area (Å²) in [5.74, 6) is -0.318. The van der Waals surface area contributed by atoms with E-state index in [2.05, 4.69) is 39.2 Å². The Balaban J connectivity index is 1.55. The Morgan fingerprint density at radius 1 is 1.21 bits per heavy atom. The van der Waals surface area contributed by atoms with E-state index >= 15 is 0 Å². The highest BCUT2D eigenvalue weighted by molar-refractivity contribution is 7.92. The number of benzene rings is 2. The lowest BCUT2D eigenvalue weighted by Gasteiger charge is -2.31. The number of amides is 1. The second-order valence-corrected chi connectivity index (χ2v) is 9.05. The normalized spacial score (nSPS) is 13.7. The predicted octanol–water partition coefficient (Wildman–Crippen LogP) is 3.28. The molecular weight excluding hydrogens is 398 g/mol. The van der Waals surface area contributed by atoms with Gasteiger partial charge in [0.05, 0.1) is 16.8 Å². The first-order valence-corrected chi connectivity index (χ1v) is 11.5. The van der Waals surface area contributed by atoms with E-state index in [0.29, 0.717) is 12.2 Å². The van der Waals surface area contributed by atoms with Crippen molar-refractivity contribution >= 4 is 38.9 Å². The lowest BCUT2D eigenvalue weighted by molar-refractivity contribution is 0.0953. The fraction of sp³-hybridized carbons (Fsp3) is 0.350. The van der Waals surface area contributed by atoms with Crippen LogP contribution in [0.15, 0.2) is 42.5 Å². The predicted molar refractivity (Wildman–Crippen MR) is 114 cm³/mol. The quantitative estimate of drug-likeness (QED) is 0.672. The number of nitrogens with one attached hydrogen (secondary N) is 2. The highest BCUT2D eigenvalue weighted by Crippen LogP contribution is 2.26. The molecule has 0 saturated carbocycles. The molecule has 1 aliphatic rings. The number of fused-ring (bicyclic) bond motifs is 1. The summed E-state index contributed by atoms with van der Waals surface area (Å²) in [4.78, 5) is 14.8. The van der Waals surface area contributed by atoms with Gasteiger partial charge in [0.25, 0.3) is 5.91 Å². The first-order valence-electron chi connectivity index (χ1n) is 9.22. The molecule has 1 amide bonds. The lowest BCUT2D eigenvalue weighted by atomic mass is 10.0. The zero-order valence-electron chi connectivity index (χ0n) is 15.7. The molecule has 0 saturated heterocycles. The summed E-state index contributed by atoms with van der Waals surface area (Å²) in [6, 6.07) is 12.9. The fourth-order valence-corrected chi connectivity index (χ4v) is 4.15. The molecule has 2 aromatic carbocycles. The Hall–Kier alpha value is -2.25. The van der Waals surface area contributed by atoms with Crippen LogP contribution in [0.2, 0.25) is 5.02 Å². The molecule has 2 N–H and O–H groups in total. The third kappa shape index (κ3) is 5.39. The summed E-state index contributed by atoms with van der Waals surface area (Å²) in [5.41, 5.74) is 3.21. The Bertz CT molecular complexity index is 963. The van der Waals surface area contributed by atoms with Crippen LogP contribution < -0.4 is 14.9 Å². The number of aryl methyl sites for hydroxylation is 1. The van der Waals surface area contributed by atoms with Crippen LogP contribution in [0, 0.1) is 0 Å². The molecule has 150 valence electrons. The summed E-state index contributed by atoms with van der Waals surface area (Å²) in [6.45, 7) is 2.40. The van der Waals surface area contributed by atoms with E-state index in [1.807, 2.05) is 0 Å². The van der Waals surface area contributed by atoms with Gasteiger partial charge in [0, 0.05) is 31.0 Å². The van der Waals surface area contributed by atoms with E-state index in [0.717, 1.165) is 38.6 Å². The summed E-state index contributed by atoms with van der Waals surface area (Å²) < 4.78 is 25.1. The highest BCUT2D eigenvalue weighted by atomic mass is 35.5. The van der Waals surface area contributed by atoms with Crippen molar-refractivity contribution in [2.45, 2.75) is 19.3 Å². The van der Waals surface area contributed by atoms with E-state index in [4.69, 9.17) is 11.6 Å². The second-order valence-electron chi connectivity index (χ2n) is 6.90. The molecule has 3 rings (SSSR count). The van der Waals surface area contributed by atoms with Crippen molar-refractivity contribution in [2.24, 2.45) is 0 Å². The number of rotatable bonds is 7. The van der Waals surface area contributed by atoms with E-state index in [9.17, 15) is 13.2 Å². The molecule has 6 nitrogen and oxygen atoms in total. The van der Waals surface area contributed by atoms with Gasteiger partial charge >= 0.3 is 0 Å². The molecule has 1 heterocycles. The van der Waals surface area contributed by atoms with E-state index in [1.165, 1.54) is 29.4 Å². The minimum Gasteiger partial charge on any atom is -0.371 e. The average molecular weight is 422 g/mol. The number of para-hydroxylation sites is 1. The van der Waals surface area contributed by atoms with E-state index < -0.39 is 10.0 Å². The Labute approximate surface area is 170 Å². The largest absolute Gasteiger partial charge is 0.371 e. The van der Waals surface area contributed by atoms with Gasteiger partial charge in [0.15, 0.2) is 0 Å². The van der Waals surface area contributed by atoms with Crippen molar-refractivity contribution in [3.05, 3.63) is 58.6 Å². The molecule has 0 fully saturated rings. The van der Waals surface area contributed by atoms with Crippen LogP contribution in [0.5, 0.6) is 0 Å². The Morgan fingerprint density at radius 3 is 2.79 bits per heavy atom. The number of nitrogens with zero attached hydrogens (tertiary/aromatic N) is 1. The van der Waals surface area contributed by atoms with Crippen molar-refractivity contribution in [2.75, 3.05) is 35.5 Å². The lowest BCUT2D eigenvalue weighted by Crippen LogP contribution is -2.33. The van der Waals surface area contributed by atoms with Crippen LogP contribution in [0.1, 0.15) is 28.8 Å². The molecule has 0 radical (unpaired) electrons. The zero-order chi connectivity index (χ0) is 20.1. The van der Waals surface area contributed by atoms with Gasteiger partial charge in [-0.1, -0.05) is 29.8 Å². The summed E-state index contributed by atoms with van der Waals surface area (Å²) >= 11 is 6.11. The first kappa shape index (κ1) is 20.5. The van der Waals surface area contributed by atoms with Crippen LogP contribution in [0.3, 0.4) is 0 Å². The number of carbonyl (C=O) groups excluding carboxylic acids is 1. The number of sulfonamides is 1. The SMILES string of the molecule is CS(=O)(=O)Nc1ccc(Cl)c(C(=O)NCCCN2CCCc3ccccc32)c1. The Morgan fingerprint density at radius 2 is 2.00 bits per heavy atom. The molecule has 0 spiro atoms. The molecule has 0 aliphatic carbocycles. The number of hydrogen-bond acceptors (Lipinski definition) is 4. The monoisotopic (exact) mass is 421 g/mol. The Kier molecular flexibility index (Phi) is 6.46. The van der Waals surface area contributed by atoms with Crippen molar-refractivity contribution in [3.63, 3.8) is 0 Å². The number of halogens is 1. The number of carbonyl (C=O) groups is 1. The molecule has 0 unspecified atom stereocenters. The molecule has 1 aliphatic heterocycles. The maximum Gasteiger partial charge on any atom is 0.252 e. The van der Waals surface area contributed by atoms with Gasteiger partial charge in [-0.25, -0.2) is 8.42 Å². The zero-order valence-corrected chi connectivity index (χ0v) is 17.3. The number of anilines is 2. The van der Waals surface area contributed by atoms with Gasteiger partial charge in [-0.2, -0.15) is 0 Å². The van der Waals surface area contributed by atoms with Gasteiger partial charge in [-0.3, -0.25) is 9.52 Å². The van der Waals surface area contributed by atoms with Crippen molar-refractivity contribution < 1.29 is 13.2 Å². The maximum atomic E-state index is 12.4. The van der Waals surface area contributed by atoms with Gasteiger partial charge < -0.3 is 10.2 Å². The second kappa shape index (κ2) is 8.84. The minimum absolute atomic E-state index is 0.249. The van der Waals surface area contributed by atoms with Crippen LogP contribution in [0.4, 0.5) is 11.4 Å². The van der Waals surface area contributed by atoms with Gasteiger partial charge in [0.2, 0.25) is 10.0 Å². The molecule has 8 heteroatoms. The van der Waals surface area contributed by atoms with E-state index in [-0.39, 0.29) is 16.5 Å². The van der Waals surface area contributed by atoms with Gasteiger partial charge in [0.1, 0.15) is 0 Å². The maximum absolute atomic E-state index is 12.4. The number of hydrogen-bond donors (Lipinski definition) is 2. The summed E-state index contributed by atoms with van der Waals surface area (Å²) in [5, 5.41) is 3.15. The minimum atomic E-state index is -3.42. The molecule has 2 aromatic rings. The van der Waals surface area contributed by atoms with Crippen LogP contribution in [-0.2, 0) is 16.4 Å². The van der Waals surface area contributed by atoms with Crippen molar-refractivity contribution in [3.8, 4) is 0 Å². The van der Waals surface area contributed by atoms with Gasteiger partial charge in [-0.15, -0.1) is 0 Å². The van der Waals surface area contributed by atoms with Crippen LogP contribution in [-0.4, -0.2) is 40.2 Å². The molecule has 0 atom stereocenters. The van der Waals surface area contributed by atoms with Crippen molar-refractivity contribution in [1.82, 2.24) is 5.32 Å². The third-order valence-electron chi connectivity index (χ3n) is 4.61. The standard InChI is InChI=1S/C20H24ClN3O3S/c1-28(26,27)23-16-9-10-18(21)17(14-16)20(25)22-11-5-13-24-12-4-7-15-6-2-3-8-19(15)24/h2-3,6,8-10,14,23H,4-5,7,11-13H2,1H3,(H,22,25). The first-order chi connectivity index (χ1) is 13.3. The summed E-state index contributed by atoms with van der Waals surface area (Å²) in [7, 11) is -3.42. The fourth-order valence-electron chi connectivity index (χ4n) is 3.39. The molecule has 0 aromatic heterocycles. The molecular formula is C20H24ClN3O3S. The highest BCUT2D eigenvalue weighted by Gasteiger charge is 2.16. The molecule has 0 bridgehead atoms. The van der Waals surface area contributed by atoms with Crippen LogP contribution in [0.25, 0.3) is 0 Å². The smallest absolute Gasteiger partial charge is 0.252 e. The average Bonchev–Trinajstić information content (AvgIpc) is 2.65. The van der Waals surface area contributed by atoms with E-state index in [1.54, 1.807) is 0 Å². The van der Waals surface area contributed by atoms with Crippen LogP contribution >= 0.6 is 11.6 Å². The van der Waals surface area contributed by atoms with Crippen molar-refractivity contribution in [1.29, 1.82) is 0 Å². The topological polar surface area (TPSA) is 78.5 Å². The molecule has 28 heavy (non-hydrogen) atoms.